The Bertz CT molecular complexity index is 3160. The van der Waals surface area contributed by atoms with Crippen molar-refractivity contribution in [1.29, 1.82) is 0 Å². The number of anilines is 5. The zero-order valence-corrected chi connectivity index (χ0v) is 31.4. The van der Waals surface area contributed by atoms with E-state index in [4.69, 9.17) is 8.83 Å². The van der Waals surface area contributed by atoms with E-state index in [2.05, 4.69) is 179 Å². The molecule has 0 spiro atoms. The number of hydrogen-bond acceptors (Lipinski definition) is 4. The number of rotatable bonds is 5. The summed E-state index contributed by atoms with van der Waals surface area (Å²) in [5.41, 5.74) is 16.3. The zero-order valence-electron chi connectivity index (χ0n) is 31.4. The molecule has 0 saturated carbocycles. The maximum absolute atomic E-state index is 6.92. The summed E-state index contributed by atoms with van der Waals surface area (Å²) in [6, 6.07) is 45.9. The van der Waals surface area contributed by atoms with Gasteiger partial charge in [-0.05, 0) is 158 Å². The molecule has 54 heavy (non-hydrogen) atoms. The second-order valence-corrected chi connectivity index (χ2v) is 15.0. The van der Waals surface area contributed by atoms with Crippen LogP contribution in [0.2, 0.25) is 0 Å². The average molecular weight is 701 g/mol. The van der Waals surface area contributed by atoms with Crippen LogP contribution < -0.4 is 10.2 Å². The van der Waals surface area contributed by atoms with Crippen molar-refractivity contribution in [3.8, 4) is 0 Å². The zero-order chi connectivity index (χ0) is 36.8. The highest BCUT2D eigenvalue weighted by atomic mass is 16.3. The third-order valence-corrected chi connectivity index (χ3v) is 11.4. The number of hydrogen-bond donors (Lipinski definition) is 1. The van der Waals surface area contributed by atoms with Gasteiger partial charge in [-0.2, -0.15) is 0 Å². The van der Waals surface area contributed by atoms with Crippen LogP contribution in [0.5, 0.6) is 0 Å². The van der Waals surface area contributed by atoms with Gasteiger partial charge in [0, 0.05) is 44.6 Å². The van der Waals surface area contributed by atoms with Gasteiger partial charge in [-0.25, -0.2) is 0 Å². The first kappa shape index (κ1) is 32.2. The van der Waals surface area contributed by atoms with Gasteiger partial charge in [0.2, 0.25) is 0 Å². The molecule has 262 valence electrons. The summed E-state index contributed by atoms with van der Waals surface area (Å²) < 4.78 is 13.6. The number of nitrogens with zero attached hydrogens (tertiary/aromatic N) is 1. The summed E-state index contributed by atoms with van der Waals surface area (Å²) in [6.07, 6.45) is 0. The van der Waals surface area contributed by atoms with Crippen LogP contribution in [0, 0.1) is 41.5 Å². The van der Waals surface area contributed by atoms with Crippen LogP contribution in [0.3, 0.4) is 0 Å². The van der Waals surface area contributed by atoms with Gasteiger partial charge in [0.15, 0.2) is 0 Å². The summed E-state index contributed by atoms with van der Waals surface area (Å²) in [5, 5.41) is 12.6. The molecule has 0 radical (unpaired) electrons. The van der Waals surface area contributed by atoms with Crippen molar-refractivity contribution in [3.05, 3.63) is 161 Å². The van der Waals surface area contributed by atoms with Gasteiger partial charge < -0.3 is 19.1 Å². The minimum absolute atomic E-state index is 0.860. The molecule has 0 saturated heterocycles. The van der Waals surface area contributed by atoms with E-state index in [0.29, 0.717) is 0 Å². The molecule has 10 rings (SSSR count). The van der Waals surface area contributed by atoms with E-state index < -0.39 is 0 Å². The molecule has 1 N–H and O–H groups in total. The van der Waals surface area contributed by atoms with Gasteiger partial charge in [-0.3, -0.25) is 0 Å². The summed E-state index contributed by atoms with van der Waals surface area (Å²) in [5.74, 6) is 0. The molecule has 4 nitrogen and oxygen atoms in total. The second-order valence-electron chi connectivity index (χ2n) is 15.0. The first-order valence-electron chi connectivity index (χ1n) is 18.7. The van der Waals surface area contributed by atoms with E-state index in [1.807, 2.05) is 0 Å². The average Bonchev–Trinajstić information content (AvgIpc) is 3.72. The van der Waals surface area contributed by atoms with E-state index >= 15 is 0 Å². The van der Waals surface area contributed by atoms with Crippen molar-refractivity contribution >= 4 is 93.9 Å². The van der Waals surface area contributed by atoms with Crippen LogP contribution in [-0.4, -0.2) is 0 Å². The van der Waals surface area contributed by atoms with E-state index in [-0.39, 0.29) is 0 Å². The third-order valence-electron chi connectivity index (χ3n) is 11.4. The SMILES string of the molecule is Cc1ccc(N(c2ccc3cc4c(cc3c2)oc2c4c(C)c(C)c3oc4cc5cc(Nc6ccccc6C)ccc5cc4c32)c2ccccc2C)c(C)c1. The van der Waals surface area contributed by atoms with Crippen molar-refractivity contribution in [1.82, 2.24) is 0 Å². The molecule has 0 aliphatic heterocycles. The molecule has 0 atom stereocenters. The van der Waals surface area contributed by atoms with Crippen molar-refractivity contribution in [2.75, 3.05) is 10.2 Å². The first-order chi connectivity index (χ1) is 26.2. The number of nitrogens with one attached hydrogen (secondary N) is 1. The molecule has 0 unspecified atom stereocenters. The highest BCUT2D eigenvalue weighted by Gasteiger charge is 2.23. The van der Waals surface area contributed by atoms with Crippen LogP contribution in [0.15, 0.2) is 136 Å². The lowest BCUT2D eigenvalue weighted by Gasteiger charge is -2.29. The molecule has 0 amide bonds. The number of fused-ring (bicyclic) bond motifs is 9. The van der Waals surface area contributed by atoms with Crippen LogP contribution in [0.1, 0.15) is 33.4 Å². The Morgan fingerprint density at radius 1 is 0.463 bits per heavy atom. The fraction of sp³-hybridized carbons (Fsp3) is 0.120. The Hall–Kier alpha value is -6.52. The van der Waals surface area contributed by atoms with Crippen LogP contribution >= 0.6 is 0 Å². The third kappa shape index (κ3) is 4.98. The topological polar surface area (TPSA) is 41.6 Å². The van der Waals surface area contributed by atoms with E-state index in [1.54, 1.807) is 0 Å². The molecule has 8 aromatic carbocycles. The minimum atomic E-state index is 0.860. The normalized spacial score (nSPS) is 11.9. The molecule has 0 fully saturated rings. The van der Waals surface area contributed by atoms with Gasteiger partial charge in [-0.1, -0.05) is 66.2 Å². The van der Waals surface area contributed by atoms with Crippen molar-refractivity contribution in [2.24, 2.45) is 0 Å². The summed E-state index contributed by atoms with van der Waals surface area (Å²) >= 11 is 0. The van der Waals surface area contributed by atoms with E-state index in [0.717, 1.165) is 82.7 Å². The Morgan fingerprint density at radius 2 is 1.11 bits per heavy atom. The number of benzene rings is 8. The number of furan rings is 2. The second kappa shape index (κ2) is 12.0. The Kier molecular flexibility index (Phi) is 7.15. The molecular formula is C50H40N2O2. The van der Waals surface area contributed by atoms with Crippen LogP contribution in [0.25, 0.3) is 65.4 Å². The summed E-state index contributed by atoms with van der Waals surface area (Å²) in [7, 11) is 0. The maximum atomic E-state index is 6.92. The number of aryl methyl sites for hydroxylation is 6. The lowest BCUT2D eigenvalue weighted by atomic mass is 9.97. The van der Waals surface area contributed by atoms with Crippen LogP contribution in [0.4, 0.5) is 28.4 Å². The van der Waals surface area contributed by atoms with E-state index in [1.165, 1.54) is 44.6 Å². The molecule has 0 bridgehead atoms. The predicted molar refractivity (Wildman–Crippen MR) is 229 cm³/mol. The quantitative estimate of drug-likeness (QED) is 0.194. The maximum Gasteiger partial charge on any atom is 0.147 e. The fourth-order valence-corrected chi connectivity index (χ4v) is 8.43. The Labute approximate surface area is 314 Å². The van der Waals surface area contributed by atoms with Crippen LogP contribution in [-0.2, 0) is 0 Å². The Balaban J connectivity index is 1.14. The predicted octanol–water partition coefficient (Wildman–Crippen LogP) is 14.9. The standard InChI is InChI=1S/C50H40N2O2/c1-28-15-20-44(31(4)21-28)52(43-14-10-8-12-30(43)3)39-19-17-35-24-40-45(27-37(35)23-39)54-50-47(40)32(5)33(6)49-48(50)41-25-34-16-18-38(22-36(34)26-46(41)53-49)51-42-13-9-7-11-29(42)2/h7-27,51H,1-6H3. The molecule has 0 aliphatic carbocycles. The van der Waals surface area contributed by atoms with Gasteiger partial charge >= 0.3 is 0 Å². The lowest BCUT2D eigenvalue weighted by molar-refractivity contribution is 0.660. The summed E-state index contributed by atoms with van der Waals surface area (Å²) in [4.78, 5) is 2.38. The monoisotopic (exact) mass is 700 g/mol. The van der Waals surface area contributed by atoms with Crippen molar-refractivity contribution in [2.45, 2.75) is 41.5 Å². The smallest absolute Gasteiger partial charge is 0.147 e. The molecule has 2 heterocycles. The highest BCUT2D eigenvalue weighted by Crippen LogP contribution is 2.46. The van der Waals surface area contributed by atoms with Gasteiger partial charge in [0.05, 0.1) is 5.39 Å². The van der Waals surface area contributed by atoms with Gasteiger partial charge in [-0.15, -0.1) is 0 Å². The molecule has 10 aromatic rings. The number of para-hydroxylation sites is 2. The van der Waals surface area contributed by atoms with Gasteiger partial charge in [0.25, 0.3) is 0 Å². The largest absolute Gasteiger partial charge is 0.456 e. The Morgan fingerprint density at radius 3 is 1.85 bits per heavy atom. The highest BCUT2D eigenvalue weighted by molar-refractivity contribution is 6.26. The molecule has 0 aliphatic rings. The minimum Gasteiger partial charge on any atom is -0.456 e. The molecular weight excluding hydrogens is 661 g/mol. The summed E-state index contributed by atoms with van der Waals surface area (Å²) in [6.45, 7) is 13.0. The van der Waals surface area contributed by atoms with Gasteiger partial charge in [0.1, 0.15) is 22.3 Å². The van der Waals surface area contributed by atoms with Crippen molar-refractivity contribution in [3.63, 3.8) is 0 Å². The van der Waals surface area contributed by atoms with Crippen molar-refractivity contribution < 1.29 is 8.83 Å². The molecule has 2 aromatic heterocycles. The van der Waals surface area contributed by atoms with E-state index in [9.17, 15) is 0 Å². The molecule has 4 heteroatoms. The fourth-order valence-electron chi connectivity index (χ4n) is 8.43. The first-order valence-corrected chi connectivity index (χ1v) is 18.7. The lowest BCUT2D eigenvalue weighted by Crippen LogP contribution is -2.12.